The lowest BCUT2D eigenvalue weighted by molar-refractivity contribution is -0.152. The van der Waals surface area contributed by atoms with E-state index in [0.29, 0.717) is 19.4 Å². The minimum absolute atomic E-state index is 0.230. The molecule has 13 heavy (non-hydrogen) atoms. The summed E-state index contributed by atoms with van der Waals surface area (Å²) < 4.78 is 10.5. The van der Waals surface area contributed by atoms with Crippen LogP contribution in [0.15, 0.2) is 0 Å². The summed E-state index contributed by atoms with van der Waals surface area (Å²) in [5.41, 5.74) is 0. The van der Waals surface area contributed by atoms with Crippen LogP contribution in [-0.4, -0.2) is 41.9 Å². The number of hydrogen-bond donors (Lipinski definition) is 2. The summed E-state index contributed by atoms with van der Waals surface area (Å²) in [4.78, 5) is 0. The van der Waals surface area contributed by atoms with E-state index in [4.69, 9.17) is 19.7 Å². The van der Waals surface area contributed by atoms with Gasteiger partial charge in [0.25, 0.3) is 0 Å². The molecule has 0 amide bonds. The van der Waals surface area contributed by atoms with Crippen molar-refractivity contribution in [3.8, 4) is 0 Å². The van der Waals surface area contributed by atoms with Crippen LogP contribution in [0.3, 0.4) is 0 Å². The number of hydrogen-bond acceptors (Lipinski definition) is 4. The Kier molecular flexibility index (Phi) is 3.67. The van der Waals surface area contributed by atoms with E-state index in [9.17, 15) is 0 Å². The summed E-state index contributed by atoms with van der Waals surface area (Å²) in [6, 6.07) is 0. The molecule has 0 aromatic rings. The molecular weight excluding hydrogens is 172 g/mol. The summed E-state index contributed by atoms with van der Waals surface area (Å²) in [7, 11) is 1.67. The van der Waals surface area contributed by atoms with Crippen LogP contribution in [0.5, 0.6) is 0 Å². The summed E-state index contributed by atoms with van der Waals surface area (Å²) in [5.74, 6) is -1.56. The first-order valence-electron chi connectivity index (χ1n) is 4.62. The fraction of sp³-hybridized carbons (Fsp3) is 1.00. The average molecular weight is 190 g/mol. The van der Waals surface area contributed by atoms with Gasteiger partial charge in [0.15, 0.2) is 5.79 Å². The molecule has 0 aromatic heterocycles. The van der Waals surface area contributed by atoms with Gasteiger partial charge in [0, 0.05) is 26.6 Å². The van der Waals surface area contributed by atoms with E-state index in [1.165, 1.54) is 6.92 Å². The van der Waals surface area contributed by atoms with E-state index in [1.807, 2.05) is 0 Å². The molecule has 0 aliphatic heterocycles. The van der Waals surface area contributed by atoms with Crippen LogP contribution in [0.25, 0.3) is 0 Å². The van der Waals surface area contributed by atoms with Crippen molar-refractivity contribution in [1.82, 2.24) is 0 Å². The number of rotatable bonds is 6. The number of ether oxygens (including phenoxy) is 2. The molecule has 4 heteroatoms. The molecule has 1 saturated carbocycles. The lowest BCUT2D eigenvalue weighted by Crippen LogP contribution is -2.23. The Morgan fingerprint density at radius 3 is 2.54 bits per heavy atom. The van der Waals surface area contributed by atoms with Crippen molar-refractivity contribution in [2.75, 3.05) is 13.7 Å². The van der Waals surface area contributed by atoms with E-state index in [2.05, 4.69) is 0 Å². The van der Waals surface area contributed by atoms with Gasteiger partial charge in [-0.05, 0) is 13.3 Å². The van der Waals surface area contributed by atoms with Gasteiger partial charge in [-0.3, -0.25) is 0 Å². The second-order valence-corrected chi connectivity index (χ2v) is 3.74. The fourth-order valence-electron chi connectivity index (χ4n) is 1.22. The molecule has 2 atom stereocenters. The number of aliphatic hydroxyl groups is 2. The zero-order valence-corrected chi connectivity index (χ0v) is 8.19. The van der Waals surface area contributed by atoms with E-state index >= 15 is 0 Å². The van der Waals surface area contributed by atoms with Crippen molar-refractivity contribution in [1.29, 1.82) is 0 Å². The highest BCUT2D eigenvalue weighted by Crippen LogP contribution is 2.28. The zero-order chi connectivity index (χ0) is 9.90. The minimum Gasteiger partial charge on any atom is -0.379 e. The molecule has 0 saturated heterocycles. The van der Waals surface area contributed by atoms with Crippen molar-refractivity contribution >= 4 is 0 Å². The SMILES string of the molecule is COC1CC1OCCCC(C)(O)O. The van der Waals surface area contributed by atoms with Crippen LogP contribution in [0.4, 0.5) is 0 Å². The molecule has 0 heterocycles. The minimum atomic E-state index is -1.56. The maximum Gasteiger partial charge on any atom is 0.159 e. The van der Waals surface area contributed by atoms with Crippen molar-refractivity contribution in [2.24, 2.45) is 0 Å². The predicted octanol–water partition coefficient (Wildman–Crippen LogP) is 0.271. The molecule has 2 unspecified atom stereocenters. The first kappa shape index (κ1) is 10.9. The van der Waals surface area contributed by atoms with Gasteiger partial charge in [0.05, 0.1) is 12.2 Å². The quantitative estimate of drug-likeness (QED) is 0.466. The Morgan fingerprint density at radius 1 is 1.38 bits per heavy atom. The van der Waals surface area contributed by atoms with Crippen molar-refractivity contribution < 1.29 is 19.7 Å². The third kappa shape index (κ3) is 4.57. The molecule has 0 spiro atoms. The third-order valence-corrected chi connectivity index (χ3v) is 2.11. The monoisotopic (exact) mass is 190 g/mol. The molecule has 4 nitrogen and oxygen atoms in total. The Labute approximate surface area is 78.5 Å². The maximum absolute atomic E-state index is 8.97. The largest absolute Gasteiger partial charge is 0.379 e. The molecule has 2 N–H and O–H groups in total. The van der Waals surface area contributed by atoms with Crippen LogP contribution >= 0.6 is 0 Å². The molecule has 0 aromatic carbocycles. The molecule has 1 aliphatic carbocycles. The summed E-state index contributed by atoms with van der Waals surface area (Å²) in [6.07, 6.45) is 2.46. The Morgan fingerprint density at radius 2 is 2.08 bits per heavy atom. The highest BCUT2D eigenvalue weighted by Gasteiger charge is 2.38. The molecule has 78 valence electrons. The van der Waals surface area contributed by atoms with Crippen molar-refractivity contribution in [2.45, 2.75) is 44.2 Å². The Bertz CT molecular complexity index is 152. The van der Waals surface area contributed by atoms with Crippen LogP contribution < -0.4 is 0 Å². The van der Waals surface area contributed by atoms with Crippen LogP contribution in [0.2, 0.25) is 0 Å². The zero-order valence-electron chi connectivity index (χ0n) is 8.19. The first-order valence-corrected chi connectivity index (χ1v) is 4.62. The molecule has 1 fully saturated rings. The third-order valence-electron chi connectivity index (χ3n) is 2.11. The molecule has 0 bridgehead atoms. The van der Waals surface area contributed by atoms with Gasteiger partial charge < -0.3 is 19.7 Å². The van der Waals surface area contributed by atoms with Crippen LogP contribution in [-0.2, 0) is 9.47 Å². The second-order valence-electron chi connectivity index (χ2n) is 3.74. The van der Waals surface area contributed by atoms with E-state index in [0.717, 1.165) is 6.42 Å². The molecule has 0 radical (unpaired) electrons. The fourth-order valence-corrected chi connectivity index (χ4v) is 1.22. The van der Waals surface area contributed by atoms with Gasteiger partial charge in [-0.25, -0.2) is 0 Å². The summed E-state index contributed by atoms with van der Waals surface area (Å²) >= 11 is 0. The van der Waals surface area contributed by atoms with Gasteiger partial charge in [-0.1, -0.05) is 0 Å². The lowest BCUT2D eigenvalue weighted by Gasteiger charge is -2.14. The standard InChI is InChI=1S/C9H18O4/c1-9(10,11)4-3-5-13-8-6-7(8)12-2/h7-8,10-11H,3-6H2,1-2H3. The van der Waals surface area contributed by atoms with Crippen molar-refractivity contribution in [3.63, 3.8) is 0 Å². The van der Waals surface area contributed by atoms with Crippen LogP contribution in [0, 0.1) is 0 Å². The molecular formula is C9H18O4. The summed E-state index contributed by atoms with van der Waals surface area (Å²) in [6.45, 7) is 1.95. The van der Waals surface area contributed by atoms with Gasteiger partial charge in [-0.2, -0.15) is 0 Å². The van der Waals surface area contributed by atoms with Gasteiger partial charge >= 0.3 is 0 Å². The lowest BCUT2D eigenvalue weighted by atomic mass is 10.2. The normalized spacial score (nSPS) is 27.7. The van der Waals surface area contributed by atoms with Crippen LogP contribution in [0.1, 0.15) is 26.2 Å². The van der Waals surface area contributed by atoms with Gasteiger partial charge in [-0.15, -0.1) is 0 Å². The Hall–Kier alpha value is -0.160. The highest BCUT2D eigenvalue weighted by atomic mass is 16.6. The predicted molar refractivity (Wildman–Crippen MR) is 47.2 cm³/mol. The average Bonchev–Trinajstić information content (AvgIpc) is 2.75. The summed E-state index contributed by atoms with van der Waals surface area (Å²) in [5, 5.41) is 17.9. The molecule has 1 aliphatic rings. The van der Waals surface area contributed by atoms with E-state index < -0.39 is 5.79 Å². The van der Waals surface area contributed by atoms with E-state index in [-0.39, 0.29) is 12.2 Å². The maximum atomic E-state index is 8.97. The smallest absolute Gasteiger partial charge is 0.159 e. The first-order chi connectivity index (χ1) is 6.03. The van der Waals surface area contributed by atoms with Gasteiger partial charge in [0.1, 0.15) is 0 Å². The number of methoxy groups -OCH3 is 1. The van der Waals surface area contributed by atoms with Gasteiger partial charge in [0.2, 0.25) is 0 Å². The topological polar surface area (TPSA) is 58.9 Å². The highest BCUT2D eigenvalue weighted by molar-refractivity contribution is 4.88. The Balaban J connectivity index is 1.91. The van der Waals surface area contributed by atoms with Crippen molar-refractivity contribution in [3.05, 3.63) is 0 Å². The van der Waals surface area contributed by atoms with E-state index in [1.54, 1.807) is 7.11 Å². The second kappa shape index (κ2) is 4.37. The molecule has 1 rings (SSSR count).